The van der Waals surface area contributed by atoms with Crippen molar-refractivity contribution in [1.82, 2.24) is 15.2 Å². The summed E-state index contributed by atoms with van der Waals surface area (Å²) in [7, 11) is 0. The Kier molecular flexibility index (Phi) is 4.99. The van der Waals surface area contributed by atoms with Crippen molar-refractivity contribution in [3.63, 3.8) is 0 Å². The van der Waals surface area contributed by atoms with Crippen LogP contribution < -0.4 is 11.3 Å². The Labute approximate surface area is 135 Å². The van der Waals surface area contributed by atoms with Crippen LogP contribution >= 0.6 is 38.5 Å². The first-order valence-corrected chi connectivity index (χ1v) is 7.89. The molecule has 6 heteroatoms. The van der Waals surface area contributed by atoms with Gasteiger partial charge in [-0.15, -0.1) is 0 Å². The average Bonchev–Trinajstić information content (AvgIpc) is 2.77. The summed E-state index contributed by atoms with van der Waals surface area (Å²) in [6.07, 6.45) is 1.81. The Bertz CT molecular complexity index is 582. The van der Waals surface area contributed by atoms with Crippen LogP contribution in [0.25, 0.3) is 0 Å². The van der Waals surface area contributed by atoms with Crippen LogP contribution in [0.1, 0.15) is 29.8 Å². The predicted octanol–water partition coefficient (Wildman–Crippen LogP) is 3.13. The number of aromatic nitrogens is 2. The summed E-state index contributed by atoms with van der Waals surface area (Å²) >= 11 is 5.92. The summed E-state index contributed by atoms with van der Waals surface area (Å²) in [5.74, 6) is 5.79. The van der Waals surface area contributed by atoms with Crippen molar-refractivity contribution in [2.75, 3.05) is 0 Å². The molecule has 0 aliphatic carbocycles. The number of nitrogens with zero attached hydrogens (tertiary/aromatic N) is 2. The molecule has 0 amide bonds. The van der Waals surface area contributed by atoms with Crippen molar-refractivity contribution in [2.24, 2.45) is 5.84 Å². The Hall–Kier alpha value is -0.440. The zero-order chi connectivity index (χ0) is 14.0. The van der Waals surface area contributed by atoms with Gasteiger partial charge in [0.1, 0.15) is 0 Å². The fourth-order valence-corrected chi connectivity index (χ4v) is 3.32. The second kappa shape index (κ2) is 6.34. The van der Waals surface area contributed by atoms with Gasteiger partial charge in [0, 0.05) is 10.1 Å². The largest absolute Gasteiger partial charge is 0.271 e. The molecule has 102 valence electrons. The van der Waals surface area contributed by atoms with Crippen molar-refractivity contribution < 1.29 is 0 Å². The Morgan fingerprint density at radius 1 is 1.53 bits per heavy atom. The maximum atomic E-state index is 5.79. The van der Waals surface area contributed by atoms with Crippen LogP contribution in [-0.4, -0.2) is 9.78 Å². The third-order valence-corrected chi connectivity index (χ3v) is 5.19. The van der Waals surface area contributed by atoms with Crippen molar-refractivity contribution >= 4 is 38.5 Å². The minimum Gasteiger partial charge on any atom is -0.271 e. The van der Waals surface area contributed by atoms with E-state index in [0.29, 0.717) is 0 Å². The Morgan fingerprint density at radius 3 is 2.89 bits per heavy atom. The highest BCUT2D eigenvalue weighted by molar-refractivity contribution is 14.1. The number of hydrazine groups is 1. The van der Waals surface area contributed by atoms with Gasteiger partial charge in [0.2, 0.25) is 0 Å². The van der Waals surface area contributed by atoms with Gasteiger partial charge in [-0.3, -0.25) is 10.5 Å². The number of nitrogens with one attached hydrogen (secondary N) is 1. The molecule has 1 aromatic carbocycles. The van der Waals surface area contributed by atoms with Gasteiger partial charge in [-0.2, -0.15) is 5.10 Å². The first-order chi connectivity index (χ1) is 9.10. The lowest BCUT2D eigenvalue weighted by Crippen LogP contribution is -2.31. The average molecular weight is 435 g/mol. The van der Waals surface area contributed by atoms with Crippen LogP contribution in [0, 0.1) is 10.5 Å². The van der Waals surface area contributed by atoms with Gasteiger partial charge in [-0.1, -0.05) is 18.2 Å². The molecule has 0 radical (unpaired) electrons. The number of rotatable bonds is 4. The van der Waals surface area contributed by atoms with E-state index in [9.17, 15) is 0 Å². The highest BCUT2D eigenvalue weighted by atomic mass is 127. The lowest BCUT2D eigenvalue weighted by Gasteiger charge is -2.20. The van der Waals surface area contributed by atoms with Gasteiger partial charge in [-0.25, -0.2) is 5.43 Å². The highest BCUT2D eigenvalue weighted by Crippen LogP contribution is 2.31. The monoisotopic (exact) mass is 434 g/mol. The SMILES string of the molecule is CCn1ncc(Br)c1C(NN)c1cccc(C)c1I. The quantitative estimate of drug-likeness (QED) is 0.441. The topological polar surface area (TPSA) is 55.9 Å². The van der Waals surface area contributed by atoms with Crippen molar-refractivity contribution in [3.8, 4) is 0 Å². The van der Waals surface area contributed by atoms with Gasteiger partial charge >= 0.3 is 0 Å². The van der Waals surface area contributed by atoms with E-state index >= 15 is 0 Å². The molecule has 4 nitrogen and oxygen atoms in total. The van der Waals surface area contributed by atoms with Crippen molar-refractivity contribution in [3.05, 3.63) is 49.3 Å². The molecular formula is C13H16BrIN4. The summed E-state index contributed by atoms with van der Waals surface area (Å²) < 4.78 is 4.14. The van der Waals surface area contributed by atoms with Crippen LogP contribution in [0.15, 0.2) is 28.9 Å². The molecule has 0 saturated heterocycles. The summed E-state index contributed by atoms with van der Waals surface area (Å²) in [5, 5.41) is 4.35. The molecule has 1 atom stereocenters. The van der Waals surface area contributed by atoms with Gasteiger partial charge in [0.25, 0.3) is 0 Å². The van der Waals surface area contributed by atoms with Gasteiger partial charge in [-0.05, 0) is 63.5 Å². The highest BCUT2D eigenvalue weighted by Gasteiger charge is 2.22. The van der Waals surface area contributed by atoms with Gasteiger partial charge in [0.05, 0.1) is 22.4 Å². The van der Waals surface area contributed by atoms with Crippen LogP contribution in [-0.2, 0) is 6.54 Å². The van der Waals surface area contributed by atoms with Gasteiger partial charge < -0.3 is 0 Å². The molecule has 0 aliphatic rings. The minimum atomic E-state index is -0.0800. The normalized spacial score (nSPS) is 12.7. The molecule has 2 rings (SSSR count). The van der Waals surface area contributed by atoms with Gasteiger partial charge in [0.15, 0.2) is 0 Å². The van der Waals surface area contributed by atoms with E-state index in [1.54, 1.807) is 0 Å². The fourth-order valence-electron chi connectivity index (χ4n) is 2.12. The molecule has 1 unspecified atom stereocenters. The van der Waals surface area contributed by atoms with Crippen LogP contribution in [0.3, 0.4) is 0 Å². The molecule has 0 saturated carbocycles. The second-order valence-electron chi connectivity index (χ2n) is 4.27. The minimum absolute atomic E-state index is 0.0800. The van der Waals surface area contributed by atoms with E-state index in [1.807, 2.05) is 10.9 Å². The molecule has 0 fully saturated rings. The van der Waals surface area contributed by atoms with E-state index in [0.717, 1.165) is 16.7 Å². The lowest BCUT2D eigenvalue weighted by atomic mass is 10.0. The first-order valence-electron chi connectivity index (χ1n) is 6.02. The van der Waals surface area contributed by atoms with E-state index in [4.69, 9.17) is 5.84 Å². The fraction of sp³-hybridized carbons (Fsp3) is 0.308. The maximum Gasteiger partial charge on any atom is 0.0900 e. The molecule has 19 heavy (non-hydrogen) atoms. The number of benzene rings is 1. The second-order valence-corrected chi connectivity index (χ2v) is 6.20. The summed E-state index contributed by atoms with van der Waals surface area (Å²) in [6.45, 7) is 4.98. The van der Waals surface area contributed by atoms with E-state index in [2.05, 4.69) is 81.1 Å². The zero-order valence-electron chi connectivity index (χ0n) is 10.8. The smallest absolute Gasteiger partial charge is 0.0900 e. The third-order valence-electron chi connectivity index (χ3n) is 3.11. The van der Waals surface area contributed by atoms with Crippen LogP contribution in [0.2, 0.25) is 0 Å². The molecule has 0 aliphatic heterocycles. The number of halogens is 2. The Balaban J connectivity index is 2.56. The molecule has 3 N–H and O–H groups in total. The molecular weight excluding hydrogens is 419 g/mol. The first kappa shape index (κ1) is 15.0. The Morgan fingerprint density at radius 2 is 2.26 bits per heavy atom. The molecule has 0 spiro atoms. The van der Waals surface area contributed by atoms with E-state index < -0.39 is 0 Å². The molecule has 1 heterocycles. The molecule has 1 aromatic heterocycles. The van der Waals surface area contributed by atoms with Crippen LogP contribution in [0.5, 0.6) is 0 Å². The number of hydrogen-bond donors (Lipinski definition) is 2. The molecule has 2 aromatic rings. The summed E-state index contributed by atoms with van der Waals surface area (Å²) in [4.78, 5) is 0. The number of hydrogen-bond acceptors (Lipinski definition) is 3. The van der Waals surface area contributed by atoms with Crippen molar-refractivity contribution in [1.29, 1.82) is 0 Å². The van der Waals surface area contributed by atoms with Crippen LogP contribution in [0.4, 0.5) is 0 Å². The standard InChI is InChI=1S/C13H16BrIN4/c1-3-19-13(10(14)7-17-19)12(18-16)9-6-4-5-8(2)11(9)15/h4-7,12,18H,3,16H2,1-2H3. The van der Waals surface area contributed by atoms with E-state index in [1.165, 1.54) is 14.7 Å². The lowest BCUT2D eigenvalue weighted by molar-refractivity contribution is 0.540. The maximum absolute atomic E-state index is 5.79. The number of aryl methyl sites for hydroxylation is 2. The number of nitrogens with two attached hydrogens (primary N) is 1. The van der Waals surface area contributed by atoms with Crippen molar-refractivity contribution in [2.45, 2.75) is 26.4 Å². The summed E-state index contributed by atoms with van der Waals surface area (Å²) in [5.41, 5.74) is 6.37. The molecule has 0 bridgehead atoms. The summed E-state index contributed by atoms with van der Waals surface area (Å²) in [6, 6.07) is 6.17. The zero-order valence-corrected chi connectivity index (χ0v) is 14.6. The predicted molar refractivity (Wildman–Crippen MR) is 88.7 cm³/mol. The van der Waals surface area contributed by atoms with E-state index in [-0.39, 0.29) is 6.04 Å². The third kappa shape index (κ3) is 2.86.